The van der Waals surface area contributed by atoms with Gasteiger partial charge in [-0.3, -0.25) is 9.37 Å². The Hall–Kier alpha value is -5.68. The molecule has 0 unspecified atom stereocenters. The predicted octanol–water partition coefficient (Wildman–Crippen LogP) is 14.4. The minimum absolute atomic E-state index is 0. The van der Waals surface area contributed by atoms with E-state index in [9.17, 15) is 4.39 Å². The van der Waals surface area contributed by atoms with Crippen molar-refractivity contribution in [1.29, 1.82) is 0 Å². The molecular formula is C52H44FIrN3O-2. The fourth-order valence-corrected chi connectivity index (χ4v) is 8.15. The van der Waals surface area contributed by atoms with Crippen LogP contribution in [0, 0.1) is 17.9 Å². The second-order valence-electron chi connectivity index (χ2n) is 16.6. The van der Waals surface area contributed by atoms with Gasteiger partial charge in [-0.2, -0.15) is 0 Å². The van der Waals surface area contributed by atoms with Gasteiger partial charge in [-0.15, -0.1) is 59.5 Å². The first-order valence-electron chi connectivity index (χ1n) is 19.7. The Bertz CT molecular complexity index is 3110. The molecule has 10 aromatic rings. The third-order valence-electron chi connectivity index (χ3n) is 11.1. The molecule has 0 aliphatic carbocycles. The minimum Gasteiger partial charge on any atom is -0.456 e. The average Bonchev–Trinajstić information content (AvgIpc) is 3.78. The Morgan fingerprint density at radius 1 is 0.690 bits per heavy atom. The van der Waals surface area contributed by atoms with Gasteiger partial charge in [0.2, 0.25) is 0 Å². The van der Waals surface area contributed by atoms with Gasteiger partial charge in [0.1, 0.15) is 11.2 Å². The zero-order valence-corrected chi connectivity index (χ0v) is 36.1. The monoisotopic (exact) mass is 938 g/mol. The van der Waals surface area contributed by atoms with Gasteiger partial charge < -0.3 is 13.8 Å². The topological polar surface area (TPSA) is 43.3 Å². The number of halogens is 1. The van der Waals surface area contributed by atoms with Crippen LogP contribution in [0.25, 0.3) is 82.7 Å². The van der Waals surface area contributed by atoms with Gasteiger partial charge >= 0.3 is 0 Å². The number of rotatable bonds is 4. The van der Waals surface area contributed by atoms with Crippen LogP contribution in [0.2, 0.25) is 0 Å². The summed E-state index contributed by atoms with van der Waals surface area (Å²) in [5.74, 6) is 0.589. The SMILES string of the molecule is CC(C)(C)c1ccnc(-c2[c-]cc(F)cc2)c1.CC(C)c1cccc(C(C)C)c1-c1ccc2c(c1)oc1cc3c4ccc[c-]c4c4nc5ccccc5n4c3cc12.[Ir]. The van der Waals surface area contributed by atoms with Crippen LogP contribution in [0.3, 0.4) is 0 Å². The first-order valence-corrected chi connectivity index (χ1v) is 19.7. The van der Waals surface area contributed by atoms with Crippen molar-refractivity contribution < 1.29 is 28.9 Å². The van der Waals surface area contributed by atoms with Gasteiger partial charge in [0, 0.05) is 48.4 Å². The normalized spacial score (nSPS) is 12.0. The van der Waals surface area contributed by atoms with Crippen molar-refractivity contribution in [2.24, 2.45) is 0 Å². The number of nitrogens with zero attached hydrogens (tertiary/aromatic N) is 3. The van der Waals surface area contributed by atoms with Gasteiger partial charge in [-0.25, -0.2) is 0 Å². The molecule has 0 bridgehead atoms. The van der Waals surface area contributed by atoms with Gasteiger partial charge in [0.25, 0.3) is 0 Å². The summed E-state index contributed by atoms with van der Waals surface area (Å²) < 4.78 is 21.7. The first-order chi connectivity index (χ1) is 27.5. The van der Waals surface area contributed by atoms with Crippen molar-refractivity contribution >= 4 is 60.3 Å². The van der Waals surface area contributed by atoms with E-state index in [0.29, 0.717) is 11.8 Å². The molecule has 4 heterocycles. The van der Waals surface area contributed by atoms with Crippen LogP contribution in [-0.4, -0.2) is 14.4 Å². The summed E-state index contributed by atoms with van der Waals surface area (Å²) in [5.41, 5.74) is 14.2. The number of pyridine rings is 2. The number of hydrogen-bond donors (Lipinski definition) is 0. The zero-order chi connectivity index (χ0) is 39.6. The number of fused-ring (bicyclic) bond motifs is 11. The quantitative estimate of drug-likeness (QED) is 0.130. The summed E-state index contributed by atoms with van der Waals surface area (Å²) in [7, 11) is 0. The molecule has 291 valence electrons. The molecule has 58 heavy (non-hydrogen) atoms. The van der Waals surface area contributed by atoms with E-state index in [4.69, 9.17) is 9.40 Å². The van der Waals surface area contributed by atoms with Crippen LogP contribution in [0.5, 0.6) is 0 Å². The maximum Gasteiger partial charge on any atom is 0.136 e. The van der Waals surface area contributed by atoms with Gasteiger partial charge in [0.15, 0.2) is 0 Å². The molecule has 0 saturated heterocycles. The number of hydrogen-bond acceptors (Lipinski definition) is 3. The van der Waals surface area contributed by atoms with E-state index < -0.39 is 0 Å². The molecule has 4 nitrogen and oxygen atoms in total. The number of imidazole rings is 1. The molecule has 0 saturated carbocycles. The fourth-order valence-electron chi connectivity index (χ4n) is 8.15. The molecule has 0 amide bonds. The molecule has 4 aromatic heterocycles. The van der Waals surface area contributed by atoms with Crippen LogP contribution >= 0.6 is 0 Å². The van der Waals surface area contributed by atoms with Gasteiger partial charge in [0.05, 0.1) is 16.7 Å². The molecule has 0 spiro atoms. The summed E-state index contributed by atoms with van der Waals surface area (Å²) in [6.07, 6.45) is 1.78. The summed E-state index contributed by atoms with van der Waals surface area (Å²) in [6.45, 7) is 15.6. The van der Waals surface area contributed by atoms with E-state index in [1.165, 1.54) is 39.9 Å². The fraction of sp³-hybridized carbons (Fsp3) is 0.192. The molecular weight excluding hydrogens is 894 g/mol. The van der Waals surface area contributed by atoms with Crippen LogP contribution in [0.1, 0.15) is 77.0 Å². The van der Waals surface area contributed by atoms with Crippen molar-refractivity contribution in [2.45, 2.75) is 65.7 Å². The number of benzene rings is 6. The largest absolute Gasteiger partial charge is 0.456 e. The smallest absolute Gasteiger partial charge is 0.136 e. The third-order valence-corrected chi connectivity index (χ3v) is 11.1. The molecule has 0 N–H and O–H groups in total. The molecule has 6 heteroatoms. The van der Waals surface area contributed by atoms with E-state index >= 15 is 0 Å². The Labute approximate surface area is 352 Å². The summed E-state index contributed by atoms with van der Waals surface area (Å²) >= 11 is 0. The predicted molar refractivity (Wildman–Crippen MR) is 235 cm³/mol. The molecule has 0 fully saturated rings. The van der Waals surface area contributed by atoms with E-state index in [1.54, 1.807) is 12.3 Å². The maximum absolute atomic E-state index is 12.8. The molecule has 0 aliphatic rings. The molecule has 1 radical (unpaired) electrons. The summed E-state index contributed by atoms with van der Waals surface area (Å²) in [6, 6.07) is 47.3. The number of furan rings is 1. The van der Waals surface area contributed by atoms with Crippen molar-refractivity contribution in [3.8, 4) is 22.4 Å². The molecule has 10 rings (SSSR count). The van der Waals surface area contributed by atoms with Gasteiger partial charge in [-0.05, 0) is 98.6 Å². The second kappa shape index (κ2) is 15.2. The van der Waals surface area contributed by atoms with Gasteiger partial charge in [-0.1, -0.05) is 96.3 Å². The van der Waals surface area contributed by atoms with E-state index in [2.05, 4.69) is 149 Å². The minimum atomic E-state index is -0.277. The average molecular weight is 938 g/mol. The van der Waals surface area contributed by atoms with Crippen LogP contribution in [-0.2, 0) is 25.5 Å². The first kappa shape index (κ1) is 39.2. The molecule has 6 aromatic carbocycles. The van der Waals surface area contributed by atoms with E-state index in [-0.39, 0.29) is 31.3 Å². The Morgan fingerprint density at radius 2 is 1.45 bits per heavy atom. The third kappa shape index (κ3) is 6.89. The molecule has 0 aliphatic heterocycles. The Morgan fingerprint density at radius 3 is 2.17 bits per heavy atom. The standard InChI is InChI=1S/C37H29N2O.C15H15FN.Ir/c1-21(2)24-12-9-13-25(22(3)4)36(24)23-16-17-27-30-19-33-29(20-35(30)40-34(27)18-23)26-10-5-6-11-28(26)37-38-31-14-7-8-15-32(31)39(33)37;1-15(2,3)12-8-9-17-14(10-12)11-4-6-13(16)7-5-11;/h5-10,12-22H,1-4H3;4,6-10H,1-3H3;/q2*-1;. The van der Waals surface area contributed by atoms with Crippen molar-refractivity contribution in [2.75, 3.05) is 0 Å². The molecule has 0 atom stereocenters. The van der Waals surface area contributed by atoms with Crippen LogP contribution in [0.15, 0.2) is 132 Å². The zero-order valence-electron chi connectivity index (χ0n) is 33.7. The maximum atomic E-state index is 12.8. The van der Waals surface area contributed by atoms with E-state index in [1.807, 2.05) is 24.3 Å². The Balaban J connectivity index is 0.000000220. The number of aromatic nitrogens is 3. The van der Waals surface area contributed by atoms with Crippen LogP contribution in [0.4, 0.5) is 4.39 Å². The summed E-state index contributed by atoms with van der Waals surface area (Å²) in [5, 5.41) is 5.55. The number of para-hydroxylation sites is 2. The van der Waals surface area contributed by atoms with Crippen molar-refractivity contribution in [3.63, 3.8) is 0 Å². The second-order valence-corrected chi connectivity index (χ2v) is 16.6. The summed E-state index contributed by atoms with van der Waals surface area (Å²) in [4.78, 5) is 9.32. The van der Waals surface area contributed by atoms with E-state index in [0.717, 1.165) is 71.6 Å². The van der Waals surface area contributed by atoms with Crippen LogP contribution < -0.4 is 0 Å². The van der Waals surface area contributed by atoms with Crippen molar-refractivity contribution in [3.05, 3.63) is 162 Å². The Kier molecular flexibility index (Phi) is 10.3. The van der Waals surface area contributed by atoms with Crippen molar-refractivity contribution in [1.82, 2.24) is 14.4 Å².